The van der Waals surface area contributed by atoms with Crippen molar-refractivity contribution in [3.8, 4) is 5.75 Å². The van der Waals surface area contributed by atoms with Crippen LogP contribution in [0.5, 0.6) is 5.75 Å². The molecule has 2 N–H and O–H groups in total. The molecule has 266 valence electrons. The summed E-state index contributed by atoms with van der Waals surface area (Å²) in [7, 11) is -7.58. The first-order valence-electron chi connectivity index (χ1n) is 15.6. The molecule has 0 bridgehead atoms. The molecule has 2 atom stereocenters. The van der Waals surface area contributed by atoms with Crippen LogP contribution < -0.4 is 4.74 Å². The second kappa shape index (κ2) is 13.9. The molecule has 17 heteroatoms. The van der Waals surface area contributed by atoms with E-state index in [1.807, 2.05) is 0 Å². The third-order valence-electron chi connectivity index (χ3n) is 8.93. The number of ether oxygens (including phenoxy) is 3. The minimum absolute atomic E-state index is 0.0255. The fraction of sp³-hybridized carbons (Fsp3) is 0.613. The first-order valence-corrected chi connectivity index (χ1v) is 19.7. The number of halogens is 2. The van der Waals surface area contributed by atoms with Gasteiger partial charge in [0.15, 0.2) is 9.84 Å². The van der Waals surface area contributed by atoms with Crippen LogP contribution in [0.2, 0.25) is 5.15 Å². The SMILES string of the molecule is CC(C)(C)OC(=O)N(C[C@H](O)COc1cccc(S(=O)(=O)C2(CO)CC2)c1)[C@H]1COC2(CCN(S(=O)(=O)c3cnc(Cl)c(Br)c3)CC2)C1. The van der Waals surface area contributed by atoms with Gasteiger partial charge >= 0.3 is 6.09 Å². The number of pyridine rings is 1. The highest BCUT2D eigenvalue weighted by Crippen LogP contribution is 2.46. The number of benzene rings is 1. The summed E-state index contributed by atoms with van der Waals surface area (Å²) in [5.74, 6) is 0.222. The summed E-state index contributed by atoms with van der Waals surface area (Å²) in [6.07, 6.45) is 1.40. The number of aliphatic hydroxyl groups excluding tert-OH is 2. The van der Waals surface area contributed by atoms with Crippen molar-refractivity contribution in [2.45, 2.75) is 90.8 Å². The lowest BCUT2D eigenvalue weighted by atomic mass is 9.88. The number of sulfonamides is 1. The lowest BCUT2D eigenvalue weighted by Gasteiger charge is -2.38. The molecule has 1 aromatic heterocycles. The zero-order valence-corrected chi connectivity index (χ0v) is 30.9. The summed E-state index contributed by atoms with van der Waals surface area (Å²) in [6, 6.07) is 6.88. The maximum Gasteiger partial charge on any atom is 0.410 e. The fourth-order valence-corrected chi connectivity index (χ4v) is 9.85. The Balaban J connectivity index is 1.23. The number of carbonyl (C=O) groups is 1. The number of rotatable bonds is 11. The standard InChI is InChI=1S/C31H41BrClN3O10S2/c1-29(2,3)46-28(39)36(17-22(38)19-44-23-5-4-6-24(13-23)47(40,41)31(20-37)7-8-31)21-15-30(45-18-21)9-11-35(12-10-30)48(42,43)25-14-26(32)27(33)34-16-25/h4-6,13-14,16,21-22,37-38H,7-12,15,17-20H2,1-3H3/t21-,22+/m1/s1. The van der Waals surface area contributed by atoms with Crippen molar-refractivity contribution >= 4 is 53.5 Å². The molecule has 3 fully saturated rings. The number of piperidine rings is 1. The van der Waals surface area contributed by atoms with Gasteiger partial charge in [-0.3, -0.25) is 0 Å². The highest BCUT2D eigenvalue weighted by atomic mass is 79.9. The van der Waals surface area contributed by atoms with Gasteiger partial charge < -0.3 is 29.3 Å². The van der Waals surface area contributed by atoms with Crippen LogP contribution in [0, 0.1) is 0 Å². The Hall–Kier alpha value is -2.05. The van der Waals surface area contributed by atoms with E-state index in [1.54, 1.807) is 26.8 Å². The van der Waals surface area contributed by atoms with E-state index in [1.165, 1.54) is 39.7 Å². The Morgan fingerprint density at radius 3 is 2.46 bits per heavy atom. The fourth-order valence-electron chi connectivity index (χ4n) is 5.99. The zero-order valence-electron chi connectivity index (χ0n) is 27.0. The predicted molar refractivity (Wildman–Crippen MR) is 179 cm³/mol. The van der Waals surface area contributed by atoms with E-state index in [2.05, 4.69) is 20.9 Å². The van der Waals surface area contributed by atoms with Crippen LogP contribution >= 0.6 is 27.5 Å². The summed E-state index contributed by atoms with van der Waals surface area (Å²) in [5.41, 5.74) is -1.48. The van der Waals surface area contributed by atoms with E-state index in [4.69, 9.17) is 25.8 Å². The van der Waals surface area contributed by atoms with Gasteiger partial charge in [0.25, 0.3) is 0 Å². The Kier molecular flexibility index (Phi) is 10.8. The lowest BCUT2D eigenvalue weighted by Crippen LogP contribution is -2.50. The molecular weight excluding hydrogens is 754 g/mol. The molecule has 48 heavy (non-hydrogen) atoms. The molecule has 1 spiro atoms. The minimum Gasteiger partial charge on any atom is -0.491 e. The summed E-state index contributed by atoms with van der Waals surface area (Å²) in [6.45, 7) is 4.94. The van der Waals surface area contributed by atoms with Gasteiger partial charge in [-0.05, 0) is 93.1 Å². The molecule has 1 saturated carbocycles. The maximum absolute atomic E-state index is 13.4. The Morgan fingerprint density at radius 1 is 1.17 bits per heavy atom. The van der Waals surface area contributed by atoms with Gasteiger partial charge in [-0.1, -0.05) is 17.7 Å². The van der Waals surface area contributed by atoms with Crippen molar-refractivity contribution in [2.75, 3.05) is 39.5 Å². The largest absolute Gasteiger partial charge is 0.491 e. The van der Waals surface area contributed by atoms with E-state index in [0.717, 1.165) is 0 Å². The van der Waals surface area contributed by atoms with Gasteiger partial charge in [0, 0.05) is 19.3 Å². The quantitative estimate of drug-likeness (QED) is 0.317. The molecule has 5 rings (SSSR count). The third-order valence-corrected chi connectivity index (χ3v) is 14.5. The topological polar surface area (TPSA) is 173 Å². The first-order chi connectivity index (χ1) is 22.4. The van der Waals surface area contributed by atoms with Crippen molar-refractivity contribution in [3.63, 3.8) is 0 Å². The molecule has 2 saturated heterocycles. The number of aromatic nitrogens is 1. The van der Waals surface area contributed by atoms with Gasteiger partial charge in [0.1, 0.15) is 34.1 Å². The number of hydrogen-bond donors (Lipinski definition) is 2. The van der Waals surface area contributed by atoms with Crippen molar-refractivity contribution in [3.05, 3.63) is 46.2 Å². The molecular formula is C31H41BrClN3O10S2. The Morgan fingerprint density at radius 2 is 1.85 bits per heavy atom. The molecule has 2 aromatic rings. The van der Waals surface area contributed by atoms with E-state index >= 15 is 0 Å². The maximum atomic E-state index is 13.4. The van der Waals surface area contributed by atoms with Crippen molar-refractivity contribution in [1.82, 2.24) is 14.2 Å². The Bertz CT molecular complexity index is 1730. The van der Waals surface area contributed by atoms with Gasteiger partial charge in [-0.25, -0.2) is 26.6 Å². The smallest absolute Gasteiger partial charge is 0.410 e. The molecule has 0 radical (unpaired) electrons. The van der Waals surface area contributed by atoms with Gasteiger partial charge in [-0.15, -0.1) is 0 Å². The summed E-state index contributed by atoms with van der Waals surface area (Å²) in [5, 5.41) is 20.8. The van der Waals surface area contributed by atoms with Gasteiger partial charge in [0.05, 0.1) is 45.5 Å². The summed E-state index contributed by atoms with van der Waals surface area (Å²) in [4.78, 5) is 18.8. The molecule has 2 aliphatic heterocycles. The number of carbonyl (C=O) groups excluding carboxylic acids is 1. The van der Waals surface area contributed by atoms with Crippen molar-refractivity contribution < 1.29 is 46.1 Å². The second-order valence-corrected chi connectivity index (χ2v) is 19.1. The van der Waals surface area contributed by atoms with Crippen molar-refractivity contribution in [2.24, 2.45) is 0 Å². The average Bonchev–Trinajstić information content (AvgIpc) is 3.75. The summed E-state index contributed by atoms with van der Waals surface area (Å²) >= 11 is 9.17. The van der Waals surface area contributed by atoms with E-state index in [-0.39, 0.29) is 53.5 Å². The van der Waals surface area contributed by atoms with Crippen LogP contribution in [-0.2, 0) is 29.3 Å². The minimum atomic E-state index is -3.82. The van der Waals surface area contributed by atoms with Crippen LogP contribution in [0.4, 0.5) is 4.79 Å². The zero-order chi connectivity index (χ0) is 35.1. The lowest BCUT2D eigenvalue weighted by molar-refractivity contribution is -0.0329. The van der Waals surface area contributed by atoms with Gasteiger partial charge in [0.2, 0.25) is 10.0 Å². The third kappa shape index (κ3) is 7.96. The highest BCUT2D eigenvalue weighted by Gasteiger charge is 2.54. The molecule has 13 nitrogen and oxygen atoms in total. The molecule has 1 aliphatic carbocycles. The summed E-state index contributed by atoms with van der Waals surface area (Å²) < 4.78 is 70.9. The number of amides is 1. The van der Waals surface area contributed by atoms with Crippen molar-refractivity contribution in [1.29, 1.82) is 0 Å². The van der Waals surface area contributed by atoms with Crippen LogP contribution in [-0.4, -0.2) is 115 Å². The molecule has 3 heterocycles. The molecule has 1 amide bonds. The number of sulfone groups is 1. The molecule has 0 unspecified atom stereocenters. The average molecular weight is 795 g/mol. The van der Waals surface area contributed by atoms with Crippen LogP contribution in [0.15, 0.2) is 50.8 Å². The second-order valence-electron chi connectivity index (χ2n) is 13.6. The Labute approximate surface area is 294 Å². The monoisotopic (exact) mass is 793 g/mol. The van der Waals surface area contributed by atoms with Crippen LogP contribution in [0.1, 0.15) is 52.9 Å². The molecule has 1 aromatic carbocycles. The highest BCUT2D eigenvalue weighted by molar-refractivity contribution is 9.10. The van der Waals surface area contributed by atoms with E-state index < -0.39 is 60.7 Å². The predicted octanol–water partition coefficient (Wildman–Crippen LogP) is 3.79. The van der Waals surface area contributed by atoms with Gasteiger partial charge in [-0.2, -0.15) is 4.31 Å². The normalized spacial score (nSPS) is 21.5. The van der Waals surface area contributed by atoms with Crippen LogP contribution in [0.25, 0.3) is 0 Å². The van der Waals surface area contributed by atoms with E-state index in [0.29, 0.717) is 36.6 Å². The van der Waals surface area contributed by atoms with Crippen LogP contribution in [0.3, 0.4) is 0 Å². The molecule has 3 aliphatic rings. The number of aliphatic hydroxyl groups is 2. The number of hydrogen-bond acceptors (Lipinski definition) is 11. The van der Waals surface area contributed by atoms with E-state index in [9.17, 15) is 31.8 Å². The number of nitrogens with zero attached hydrogens (tertiary/aromatic N) is 3. The first kappa shape index (κ1) is 37.2.